The lowest BCUT2D eigenvalue weighted by Gasteiger charge is -2.29. The average Bonchev–Trinajstić information content (AvgIpc) is 3.23. The van der Waals surface area contributed by atoms with E-state index in [1.165, 1.54) is 11.3 Å². The van der Waals surface area contributed by atoms with Crippen LogP contribution in [-0.2, 0) is 4.74 Å². The minimum atomic E-state index is -0.636. The molecule has 0 unspecified atom stereocenters. The Morgan fingerprint density at radius 1 is 1.15 bits per heavy atom. The molecule has 33 heavy (non-hydrogen) atoms. The molecule has 3 heterocycles. The highest BCUT2D eigenvalue weighted by Gasteiger charge is 2.26. The van der Waals surface area contributed by atoms with Crippen molar-refractivity contribution in [1.82, 2.24) is 9.88 Å². The molecule has 1 aliphatic heterocycles. The Hall–Kier alpha value is -3.07. The third-order valence-electron chi connectivity index (χ3n) is 5.90. The summed E-state index contributed by atoms with van der Waals surface area (Å²) in [6, 6.07) is 13.0. The van der Waals surface area contributed by atoms with E-state index in [0.29, 0.717) is 42.4 Å². The van der Waals surface area contributed by atoms with E-state index in [-0.39, 0.29) is 5.56 Å². The van der Waals surface area contributed by atoms with Gasteiger partial charge in [0.15, 0.2) is 5.13 Å². The van der Waals surface area contributed by atoms with Gasteiger partial charge >= 0.3 is 5.63 Å². The first kappa shape index (κ1) is 21.8. The minimum absolute atomic E-state index is 0.0165. The molecule has 170 valence electrons. The van der Waals surface area contributed by atoms with E-state index in [1.54, 1.807) is 23.1 Å². The summed E-state index contributed by atoms with van der Waals surface area (Å²) in [7, 11) is 0. The molecule has 8 heteroatoms. The number of aromatic nitrogens is 1. The molecule has 5 rings (SSSR count). The van der Waals surface area contributed by atoms with Gasteiger partial charge in [-0.15, -0.1) is 0 Å². The maximum Gasteiger partial charge on any atom is 0.349 e. The van der Waals surface area contributed by atoms with Crippen molar-refractivity contribution in [2.45, 2.75) is 13.8 Å². The lowest BCUT2D eigenvalue weighted by molar-refractivity contribution is 0.0391. The number of nitrogens with zero attached hydrogens (tertiary/aromatic N) is 3. The highest BCUT2D eigenvalue weighted by atomic mass is 32.1. The smallest absolute Gasteiger partial charge is 0.349 e. The highest BCUT2D eigenvalue weighted by molar-refractivity contribution is 7.22. The Labute approximate surface area is 195 Å². The summed E-state index contributed by atoms with van der Waals surface area (Å²) in [5.41, 5.74) is 2.95. The number of rotatable bonds is 5. The van der Waals surface area contributed by atoms with E-state index in [4.69, 9.17) is 14.1 Å². The number of hydrogen-bond acceptors (Lipinski definition) is 7. The summed E-state index contributed by atoms with van der Waals surface area (Å²) in [6.45, 7) is 8.17. The number of hydrogen-bond donors (Lipinski definition) is 0. The molecule has 0 saturated carbocycles. The van der Waals surface area contributed by atoms with E-state index in [2.05, 4.69) is 17.9 Å². The van der Waals surface area contributed by atoms with E-state index in [0.717, 1.165) is 34.4 Å². The number of thiazole rings is 1. The number of amides is 1. The largest absolute Gasteiger partial charge is 0.422 e. The molecule has 4 aromatic rings. The topological polar surface area (TPSA) is 75.9 Å². The fourth-order valence-electron chi connectivity index (χ4n) is 4.19. The normalized spacial score (nSPS) is 14.7. The minimum Gasteiger partial charge on any atom is -0.422 e. The van der Waals surface area contributed by atoms with Crippen LogP contribution < -0.4 is 10.5 Å². The summed E-state index contributed by atoms with van der Waals surface area (Å²) >= 11 is 1.48. The zero-order valence-electron chi connectivity index (χ0n) is 18.7. The van der Waals surface area contributed by atoms with Crippen LogP contribution in [0.25, 0.3) is 21.2 Å². The van der Waals surface area contributed by atoms with Gasteiger partial charge in [0.25, 0.3) is 5.91 Å². The van der Waals surface area contributed by atoms with Gasteiger partial charge in [0, 0.05) is 31.6 Å². The average molecular weight is 464 g/mol. The molecule has 2 aromatic heterocycles. The van der Waals surface area contributed by atoms with Crippen LogP contribution in [-0.4, -0.2) is 55.2 Å². The summed E-state index contributed by atoms with van der Waals surface area (Å²) in [5.74, 6) is -0.392. The molecule has 0 spiro atoms. The van der Waals surface area contributed by atoms with Crippen LogP contribution >= 0.6 is 11.3 Å². The number of aryl methyl sites for hydroxylation is 2. The second kappa shape index (κ2) is 9.05. The Morgan fingerprint density at radius 3 is 2.76 bits per heavy atom. The number of morpholine rings is 1. The van der Waals surface area contributed by atoms with Gasteiger partial charge in [0.2, 0.25) is 0 Å². The first-order valence-electron chi connectivity index (χ1n) is 11.0. The molecule has 1 fully saturated rings. The third kappa shape index (κ3) is 4.42. The standard InChI is InChI=1S/C25H25N3O4S/c1-16-13-17(2)22-20(14-16)26-25(33-22)28(8-7-27-9-11-31-12-10-27)23(29)19-15-18-5-3-4-6-21(18)32-24(19)30/h3-6,13-15H,7-12H2,1-2H3. The first-order valence-corrected chi connectivity index (χ1v) is 11.8. The van der Waals surface area contributed by atoms with Gasteiger partial charge in [-0.05, 0) is 43.2 Å². The Bertz CT molecular complexity index is 1390. The first-order chi connectivity index (χ1) is 16.0. The van der Waals surface area contributed by atoms with Gasteiger partial charge in [-0.25, -0.2) is 9.78 Å². The number of fused-ring (bicyclic) bond motifs is 2. The molecule has 2 aromatic carbocycles. The van der Waals surface area contributed by atoms with Crippen molar-refractivity contribution in [2.24, 2.45) is 0 Å². The Balaban J connectivity index is 1.54. The predicted molar refractivity (Wildman–Crippen MR) is 131 cm³/mol. The second-order valence-corrected chi connectivity index (χ2v) is 9.30. The Morgan fingerprint density at radius 2 is 1.94 bits per heavy atom. The fourth-order valence-corrected chi connectivity index (χ4v) is 5.23. The van der Waals surface area contributed by atoms with Gasteiger partial charge in [0.1, 0.15) is 11.1 Å². The summed E-state index contributed by atoms with van der Waals surface area (Å²) in [6.07, 6.45) is 0. The van der Waals surface area contributed by atoms with Gasteiger partial charge in [-0.2, -0.15) is 0 Å². The Kier molecular flexibility index (Phi) is 5.97. The molecule has 1 saturated heterocycles. The summed E-state index contributed by atoms with van der Waals surface area (Å²) < 4.78 is 11.9. The second-order valence-electron chi connectivity index (χ2n) is 8.32. The number of anilines is 1. The maximum atomic E-state index is 13.7. The number of ether oxygens (including phenoxy) is 1. The molecule has 0 bridgehead atoms. The lowest BCUT2D eigenvalue weighted by Crippen LogP contribution is -2.44. The molecular weight excluding hydrogens is 438 g/mol. The number of carbonyl (C=O) groups is 1. The highest BCUT2D eigenvalue weighted by Crippen LogP contribution is 2.32. The van der Waals surface area contributed by atoms with Gasteiger partial charge in [-0.1, -0.05) is 35.6 Å². The van der Waals surface area contributed by atoms with E-state index < -0.39 is 11.5 Å². The van der Waals surface area contributed by atoms with Crippen LogP contribution in [0.3, 0.4) is 0 Å². The van der Waals surface area contributed by atoms with Gasteiger partial charge < -0.3 is 9.15 Å². The number of carbonyl (C=O) groups excluding carboxylic acids is 1. The van der Waals surface area contributed by atoms with Gasteiger partial charge in [0.05, 0.1) is 23.4 Å². The molecule has 7 nitrogen and oxygen atoms in total. The zero-order chi connectivity index (χ0) is 22.9. The van der Waals surface area contributed by atoms with Crippen molar-refractivity contribution in [3.63, 3.8) is 0 Å². The molecule has 1 amide bonds. The molecule has 0 N–H and O–H groups in total. The van der Waals surface area contributed by atoms with Gasteiger partial charge in [-0.3, -0.25) is 14.6 Å². The van der Waals surface area contributed by atoms with Crippen molar-refractivity contribution in [3.05, 3.63) is 69.6 Å². The van der Waals surface area contributed by atoms with Crippen molar-refractivity contribution in [3.8, 4) is 0 Å². The zero-order valence-corrected chi connectivity index (χ0v) is 19.5. The third-order valence-corrected chi connectivity index (χ3v) is 7.13. The van der Waals surface area contributed by atoms with Crippen molar-refractivity contribution >= 4 is 43.6 Å². The molecule has 0 radical (unpaired) electrons. The quantitative estimate of drug-likeness (QED) is 0.417. The lowest BCUT2D eigenvalue weighted by atomic mass is 10.1. The van der Waals surface area contributed by atoms with Crippen LogP contribution in [0.2, 0.25) is 0 Å². The van der Waals surface area contributed by atoms with Crippen LogP contribution in [0.4, 0.5) is 5.13 Å². The van der Waals surface area contributed by atoms with E-state index in [9.17, 15) is 9.59 Å². The number of benzene rings is 2. The SMILES string of the molecule is Cc1cc(C)c2sc(N(CCN3CCOCC3)C(=O)c3cc4ccccc4oc3=O)nc2c1. The van der Waals surface area contributed by atoms with Crippen LogP contribution in [0, 0.1) is 13.8 Å². The van der Waals surface area contributed by atoms with Crippen molar-refractivity contribution < 1.29 is 13.9 Å². The van der Waals surface area contributed by atoms with Crippen molar-refractivity contribution in [1.29, 1.82) is 0 Å². The molecule has 0 atom stereocenters. The maximum absolute atomic E-state index is 13.7. The van der Waals surface area contributed by atoms with E-state index >= 15 is 0 Å². The summed E-state index contributed by atoms with van der Waals surface area (Å²) in [5, 5.41) is 1.30. The van der Waals surface area contributed by atoms with Crippen LogP contribution in [0.15, 0.2) is 51.7 Å². The van der Waals surface area contributed by atoms with Crippen LogP contribution in [0.1, 0.15) is 21.5 Å². The monoisotopic (exact) mass is 463 g/mol. The molecule has 0 aliphatic carbocycles. The van der Waals surface area contributed by atoms with Crippen LogP contribution in [0.5, 0.6) is 0 Å². The number of para-hydroxylation sites is 1. The van der Waals surface area contributed by atoms with Crippen molar-refractivity contribution in [2.75, 3.05) is 44.3 Å². The van der Waals surface area contributed by atoms with E-state index in [1.807, 2.05) is 25.1 Å². The molecule has 1 aliphatic rings. The fraction of sp³-hybridized carbons (Fsp3) is 0.320. The molecular formula is C25H25N3O4S. The summed E-state index contributed by atoms with van der Waals surface area (Å²) in [4.78, 5) is 35.1. The predicted octanol–water partition coefficient (Wildman–Crippen LogP) is 4.00.